The molecule has 186 valence electrons. The van der Waals surface area contributed by atoms with Gasteiger partial charge in [0.25, 0.3) is 0 Å². The quantitative estimate of drug-likeness (QED) is 0.442. The fourth-order valence-electron chi connectivity index (χ4n) is 3.66. The van der Waals surface area contributed by atoms with Gasteiger partial charge in [-0.25, -0.2) is 13.1 Å². The predicted molar refractivity (Wildman–Crippen MR) is 133 cm³/mol. The number of rotatable bonds is 11. The molecule has 0 radical (unpaired) electrons. The number of sulfonamides is 1. The van der Waals surface area contributed by atoms with E-state index in [1.807, 2.05) is 24.3 Å². The number of ether oxygens (including phenoxy) is 2. The third kappa shape index (κ3) is 8.09. The molecule has 3 N–H and O–H groups in total. The Bertz CT molecular complexity index is 1030. The average Bonchev–Trinajstić information content (AvgIpc) is 2.79. The normalized spacial score (nSPS) is 17.4. The topological polar surface area (TPSA) is 106 Å². The summed E-state index contributed by atoms with van der Waals surface area (Å²) in [6, 6.07) is 13.2. The standard InChI is InChI=1S/C25H35N3O5S/c1-18(2)28-34(30,31)24-12-10-21(11-13-24)27-25(29)19(3)26-22-8-6-7-20(15-22)16-32-17-23-9-4-5-14-33-23/h6-8,10-13,15,18-19,23,26,28H,4-5,9,14,16-17H2,1-3H3,(H,27,29). The highest BCUT2D eigenvalue weighted by Crippen LogP contribution is 2.17. The smallest absolute Gasteiger partial charge is 0.246 e. The Labute approximate surface area is 202 Å². The average molecular weight is 490 g/mol. The molecule has 0 bridgehead atoms. The SMILES string of the molecule is CC(C)NS(=O)(=O)c1ccc(NC(=O)C(C)Nc2cccc(COCC3CCCCO3)c2)cc1. The highest BCUT2D eigenvalue weighted by molar-refractivity contribution is 7.89. The fourth-order valence-corrected chi connectivity index (χ4v) is 4.91. The maximum Gasteiger partial charge on any atom is 0.246 e. The van der Waals surface area contributed by atoms with Crippen molar-refractivity contribution in [2.24, 2.45) is 0 Å². The first-order valence-corrected chi connectivity index (χ1v) is 13.2. The lowest BCUT2D eigenvalue weighted by molar-refractivity contribution is -0.116. The molecule has 34 heavy (non-hydrogen) atoms. The van der Waals surface area contributed by atoms with Crippen LogP contribution >= 0.6 is 0 Å². The van der Waals surface area contributed by atoms with Crippen molar-refractivity contribution in [1.82, 2.24) is 4.72 Å². The molecule has 2 aromatic carbocycles. The van der Waals surface area contributed by atoms with E-state index < -0.39 is 16.1 Å². The molecule has 2 atom stereocenters. The van der Waals surface area contributed by atoms with Crippen molar-refractivity contribution in [1.29, 1.82) is 0 Å². The van der Waals surface area contributed by atoms with Crippen LogP contribution in [0.3, 0.4) is 0 Å². The maximum atomic E-state index is 12.6. The first-order valence-electron chi connectivity index (χ1n) is 11.7. The molecule has 9 heteroatoms. The molecule has 1 saturated heterocycles. The Morgan fingerprint density at radius 2 is 1.85 bits per heavy atom. The van der Waals surface area contributed by atoms with Gasteiger partial charge < -0.3 is 20.1 Å². The number of carbonyl (C=O) groups is 1. The third-order valence-corrected chi connectivity index (χ3v) is 7.05. The molecule has 1 heterocycles. The van der Waals surface area contributed by atoms with Gasteiger partial charge in [-0.15, -0.1) is 0 Å². The summed E-state index contributed by atoms with van der Waals surface area (Å²) in [5.74, 6) is -0.230. The molecule has 1 aliphatic rings. The molecule has 8 nitrogen and oxygen atoms in total. The van der Waals surface area contributed by atoms with E-state index in [9.17, 15) is 13.2 Å². The van der Waals surface area contributed by atoms with Gasteiger partial charge >= 0.3 is 0 Å². The van der Waals surface area contributed by atoms with Gasteiger partial charge in [0.05, 0.1) is 24.2 Å². The van der Waals surface area contributed by atoms with Crippen molar-refractivity contribution in [3.8, 4) is 0 Å². The van der Waals surface area contributed by atoms with E-state index in [4.69, 9.17) is 9.47 Å². The highest BCUT2D eigenvalue weighted by Gasteiger charge is 2.17. The first kappa shape index (κ1) is 26.2. The number of carbonyl (C=O) groups excluding carboxylic acids is 1. The Kier molecular flexibility index (Phi) is 9.46. The van der Waals surface area contributed by atoms with Crippen LogP contribution in [-0.2, 0) is 30.9 Å². The summed E-state index contributed by atoms with van der Waals surface area (Å²) in [6.07, 6.45) is 3.53. The zero-order chi connectivity index (χ0) is 24.6. The molecule has 0 aromatic heterocycles. The van der Waals surface area contributed by atoms with Gasteiger partial charge in [0, 0.05) is 24.0 Å². The van der Waals surface area contributed by atoms with Crippen molar-refractivity contribution in [3.63, 3.8) is 0 Å². The molecule has 3 rings (SSSR count). The number of nitrogens with one attached hydrogen (secondary N) is 3. The van der Waals surface area contributed by atoms with Gasteiger partial charge in [0.2, 0.25) is 15.9 Å². The summed E-state index contributed by atoms with van der Waals surface area (Å²) in [4.78, 5) is 12.8. The molecule has 0 aliphatic carbocycles. The van der Waals surface area contributed by atoms with E-state index in [0.29, 0.717) is 18.9 Å². The summed E-state index contributed by atoms with van der Waals surface area (Å²) in [5, 5.41) is 6.01. The fraction of sp³-hybridized carbons (Fsp3) is 0.480. The Balaban J connectivity index is 1.49. The largest absolute Gasteiger partial charge is 0.376 e. The minimum Gasteiger partial charge on any atom is -0.376 e. The maximum absolute atomic E-state index is 12.6. The van der Waals surface area contributed by atoms with Crippen LogP contribution in [0.15, 0.2) is 53.4 Å². The first-order chi connectivity index (χ1) is 16.2. The summed E-state index contributed by atoms with van der Waals surface area (Å²) >= 11 is 0. The van der Waals surface area contributed by atoms with Crippen LogP contribution in [0.25, 0.3) is 0 Å². The summed E-state index contributed by atoms with van der Waals surface area (Å²) < 4.78 is 38.5. The molecule has 0 saturated carbocycles. The van der Waals surface area contributed by atoms with Gasteiger partial charge in [-0.2, -0.15) is 0 Å². The van der Waals surface area contributed by atoms with Crippen molar-refractivity contribution < 1.29 is 22.7 Å². The van der Waals surface area contributed by atoms with E-state index in [2.05, 4.69) is 15.4 Å². The molecule has 0 spiro atoms. The van der Waals surface area contributed by atoms with Gasteiger partial charge in [0.15, 0.2) is 0 Å². The van der Waals surface area contributed by atoms with Gasteiger partial charge in [-0.1, -0.05) is 12.1 Å². The number of amides is 1. The summed E-state index contributed by atoms with van der Waals surface area (Å²) in [5.41, 5.74) is 2.35. The minimum absolute atomic E-state index is 0.152. The number of anilines is 2. The van der Waals surface area contributed by atoms with E-state index >= 15 is 0 Å². The van der Waals surface area contributed by atoms with E-state index in [-0.39, 0.29) is 22.9 Å². The van der Waals surface area contributed by atoms with E-state index in [0.717, 1.165) is 30.7 Å². The Hall–Kier alpha value is -2.46. The van der Waals surface area contributed by atoms with Crippen LogP contribution in [0, 0.1) is 0 Å². The van der Waals surface area contributed by atoms with Crippen molar-refractivity contribution in [2.45, 2.75) is 69.7 Å². The lowest BCUT2D eigenvalue weighted by Gasteiger charge is -2.22. The second kappa shape index (κ2) is 12.3. The number of benzene rings is 2. The number of hydrogen-bond donors (Lipinski definition) is 3. The molecule has 2 aromatic rings. The lowest BCUT2D eigenvalue weighted by atomic mass is 10.1. The zero-order valence-electron chi connectivity index (χ0n) is 20.0. The predicted octanol–water partition coefficient (Wildman–Crippen LogP) is 3.90. The molecule has 2 unspecified atom stereocenters. The van der Waals surface area contributed by atoms with Gasteiger partial charge in [0.1, 0.15) is 6.04 Å². The zero-order valence-corrected chi connectivity index (χ0v) is 20.9. The monoisotopic (exact) mass is 489 g/mol. The molecule has 1 amide bonds. The second-order valence-electron chi connectivity index (χ2n) is 8.86. The Morgan fingerprint density at radius 1 is 1.09 bits per heavy atom. The highest BCUT2D eigenvalue weighted by atomic mass is 32.2. The summed E-state index contributed by atoms with van der Waals surface area (Å²) in [7, 11) is -3.57. The van der Waals surface area contributed by atoms with Crippen LogP contribution in [-0.4, -0.2) is 45.7 Å². The van der Waals surface area contributed by atoms with Gasteiger partial charge in [-0.3, -0.25) is 4.79 Å². The second-order valence-corrected chi connectivity index (χ2v) is 10.6. The van der Waals surface area contributed by atoms with Gasteiger partial charge in [-0.05, 0) is 82.0 Å². The molecule has 1 fully saturated rings. The van der Waals surface area contributed by atoms with Crippen molar-refractivity contribution >= 4 is 27.3 Å². The van der Waals surface area contributed by atoms with Crippen molar-refractivity contribution in [2.75, 3.05) is 23.8 Å². The summed E-state index contributed by atoms with van der Waals surface area (Å²) in [6.45, 7) is 7.17. The van der Waals surface area contributed by atoms with Crippen LogP contribution in [0.5, 0.6) is 0 Å². The van der Waals surface area contributed by atoms with Crippen molar-refractivity contribution in [3.05, 3.63) is 54.1 Å². The van der Waals surface area contributed by atoms with Crippen LogP contribution < -0.4 is 15.4 Å². The van der Waals surface area contributed by atoms with Crippen LogP contribution in [0.4, 0.5) is 11.4 Å². The minimum atomic E-state index is -3.57. The van der Waals surface area contributed by atoms with Crippen LogP contribution in [0.1, 0.15) is 45.6 Å². The third-order valence-electron chi connectivity index (χ3n) is 5.37. The lowest BCUT2D eigenvalue weighted by Crippen LogP contribution is -2.32. The molecule has 1 aliphatic heterocycles. The van der Waals surface area contributed by atoms with E-state index in [1.54, 1.807) is 32.9 Å². The molecular weight excluding hydrogens is 454 g/mol. The van der Waals surface area contributed by atoms with E-state index in [1.165, 1.54) is 18.6 Å². The molecular formula is C25H35N3O5S. The Morgan fingerprint density at radius 3 is 2.53 bits per heavy atom. The number of hydrogen-bond acceptors (Lipinski definition) is 6. The van der Waals surface area contributed by atoms with Crippen LogP contribution in [0.2, 0.25) is 0 Å².